The lowest BCUT2D eigenvalue weighted by molar-refractivity contribution is -0.114. The minimum Gasteiger partial charge on any atom is -0.338 e. The lowest BCUT2D eigenvalue weighted by Gasteiger charge is -2.35. The molecule has 3 aromatic rings. The third-order valence-electron chi connectivity index (χ3n) is 5.84. The second-order valence-corrected chi connectivity index (χ2v) is 9.26. The lowest BCUT2D eigenvalue weighted by atomic mass is 10.00. The van der Waals surface area contributed by atoms with Crippen molar-refractivity contribution in [1.82, 2.24) is 19.2 Å². The Morgan fingerprint density at radius 2 is 1.84 bits per heavy atom. The molecule has 4 rings (SSSR count). The smallest absolute Gasteiger partial charge is 0.255 e. The van der Waals surface area contributed by atoms with Crippen LogP contribution in [0.15, 0.2) is 42.7 Å². The molecule has 1 N–H and O–H groups in total. The highest BCUT2D eigenvalue weighted by Crippen LogP contribution is 2.28. The van der Waals surface area contributed by atoms with Gasteiger partial charge in [0.05, 0.1) is 17.4 Å². The van der Waals surface area contributed by atoms with Crippen molar-refractivity contribution in [2.75, 3.05) is 32.5 Å². The fourth-order valence-corrected chi connectivity index (χ4v) is 4.61. The van der Waals surface area contributed by atoms with E-state index in [4.69, 9.17) is 0 Å². The molecule has 8 heteroatoms. The summed E-state index contributed by atoms with van der Waals surface area (Å²) in [5.41, 5.74) is 3.87. The predicted octanol–water partition coefficient (Wildman–Crippen LogP) is 3.73. The second-order valence-electron chi connectivity index (χ2n) is 8.16. The van der Waals surface area contributed by atoms with Gasteiger partial charge in [0.2, 0.25) is 5.91 Å². The van der Waals surface area contributed by atoms with E-state index in [1.165, 1.54) is 6.92 Å². The van der Waals surface area contributed by atoms with Crippen LogP contribution in [-0.2, 0) is 4.79 Å². The molecule has 3 heterocycles. The van der Waals surface area contributed by atoms with E-state index < -0.39 is 0 Å². The zero-order valence-electron chi connectivity index (χ0n) is 17.9. The Morgan fingerprint density at radius 1 is 1.13 bits per heavy atom. The second kappa shape index (κ2) is 8.96. The Balaban J connectivity index is 1.64. The van der Waals surface area contributed by atoms with Crippen molar-refractivity contribution in [3.05, 3.63) is 52.0 Å². The summed E-state index contributed by atoms with van der Waals surface area (Å²) in [5.74, 6) is -0.232. The molecular weight excluding hydrogens is 505 g/mol. The van der Waals surface area contributed by atoms with Gasteiger partial charge in [0.15, 0.2) is 0 Å². The minimum absolute atomic E-state index is 0.0351. The number of fused-ring (bicyclic) bond motifs is 1. The van der Waals surface area contributed by atoms with Crippen LogP contribution < -0.4 is 5.32 Å². The minimum atomic E-state index is -0.197. The molecule has 7 nitrogen and oxygen atoms in total. The van der Waals surface area contributed by atoms with Crippen LogP contribution in [-0.4, -0.2) is 64.2 Å². The van der Waals surface area contributed by atoms with Crippen molar-refractivity contribution < 1.29 is 9.59 Å². The molecule has 1 aliphatic heterocycles. The molecular formula is C23H26IN5O2. The van der Waals surface area contributed by atoms with Crippen LogP contribution >= 0.6 is 22.6 Å². The number of hydrogen-bond donors (Lipinski definition) is 1. The maximum Gasteiger partial charge on any atom is 0.255 e. The van der Waals surface area contributed by atoms with Crippen molar-refractivity contribution in [2.45, 2.75) is 25.8 Å². The van der Waals surface area contributed by atoms with Crippen LogP contribution in [0.2, 0.25) is 0 Å². The summed E-state index contributed by atoms with van der Waals surface area (Å²) in [6.45, 7) is 2.90. The van der Waals surface area contributed by atoms with Gasteiger partial charge < -0.3 is 15.1 Å². The number of pyridine rings is 1. The molecule has 31 heavy (non-hydrogen) atoms. The number of nitrogens with one attached hydrogen (secondary N) is 1. The van der Waals surface area contributed by atoms with Crippen LogP contribution in [0, 0.1) is 3.70 Å². The third-order valence-corrected chi connectivity index (χ3v) is 6.63. The molecule has 1 aromatic carbocycles. The number of imidazole rings is 1. The maximum atomic E-state index is 13.3. The Morgan fingerprint density at radius 3 is 2.52 bits per heavy atom. The number of carbonyl (C=O) groups excluding carboxylic acids is 2. The fourth-order valence-electron chi connectivity index (χ4n) is 4.08. The highest BCUT2D eigenvalue weighted by Gasteiger charge is 2.26. The van der Waals surface area contributed by atoms with Crippen LogP contribution in [0.3, 0.4) is 0 Å². The van der Waals surface area contributed by atoms with E-state index in [1.807, 2.05) is 52.0 Å². The molecule has 0 aliphatic carbocycles. The lowest BCUT2D eigenvalue weighted by Crippen LogP contribution is -2.44. The van der Waals surface area contributed by atoms with E-state index in [0.717, 1.165) is 46.4 Å². The van der Waals surface area contributed by atoms with Crippen molar-refractivity contribution in [3.63, 3.8) is 0 Å². The van der Waals surface area contributed by atoms with Gasteiger partial charge in [0.25, 0.3) is 5.91 Å². The fraction of sp³-hybridized carbons (Fsp3) is 0.348. The van der Waals surface area contributed by atoms with Gasteiger partial charge in [-0.1, -0.05) is 6.07 Å². The first-order valence-electron chi connectivity index (χ1n) is 10.3. The number of likely N-dealkylation sites (tertiary alicyclic amines) is 1. The van der Waals surface area contributed by atoms with Gasteiger partial charge in [-0.25, -0.2) is 4.98 Å². The van der Waals surface area contributed by atoms with Gasteiger partial charge in [0, 0.05) is 32.3 Å². The van der Waals surface area contributed by atoms with E-state index in [0.29, 0.717) is 17.3 Å². The normalized spacial score (nSPS) is 14.9. The largest absolute Gasteiger partial charge is 0.338 e. The Kier molecular flexibility index (Phi) is 6.29. The number of rotatable bonds is 4. The van der Waals surface area contributed by atoms with E-state index >= 15 is 0 Å². The quantitative estimate of drug-likeness (QED) is 0.522. The zero-order valence-corrected chi connectivity index (χ0v) is 20.1. The zero-order chi connectivity index (χ0) is 22.1. The number of amides is 2. The topological polar surface area (TPSA) is 70.0 Å². The Bertz CT molecular complexity index is 1130. The van der Waals surface area contributed by atoms with Crippen LogP contribution in [0.1, 0.15) is 30.1 Å². The summed E-state index contributed by atoms with van der Waals surface area (Å²) in [6, 6.07) is 10.1. The molecule has 2 amide bonds. The van der Waals surface area contributed by atoms with Crippen molar-refractivity contribution in [3.8, 4) is 11.1 Å². The molecule has 0 unspecified atom stereocenters. The van der Waals surface area contributed by atoms with Crippen molar-refractivity contribution in [1.29, 1.82) is 0 Å². The highest BCUT2D eigenvalue weighted by atomic mass is 127. The van der Waals surface area contributed by atoms with Crippen LogP contribution in [0.4, 0.5) is 5.69 Å². The van der Waals surface area contributed by atoms with Gasteiger partial charge in [-0.15, -0.1) is 0 Å². The standard InChI is InChI=1S/C23H26IN5O2/c1-15(30)26-20-12-16(17-5-7-22-25-13-21(24)29(22)14-17)4-6-19(20)23(31)28-10-8-18(9-11-28)27(2)3/h4-7,12-14,18H,8-11H2,1-3H3,(H,26,30). The summed E-state index contributed by atoms with van der Waals surface area (Å²) >= 11 is 2.25. The molecule has 162 valence electrons. The van der Waals surface area contributed by atoms with Crippen LogP contribution in [0.25, 0.3) is 16.8 Å². The number of hydrogen-bond acceptors (Lipinski definition) is 4. The molecule has 0 bridgehead atoms. The summed E-state index contributed by atoms with van der Waals surface area (Å²) in [6.07, 6.45) is 5.75. The Labute approximate surface area is 195 Å². The van der Waals surface area contributed by atoms with Crippen molar-refractivity contribution in [2.24, 2.45) is 0 Å². The molecule has 1 saturated heterocycles. The maximum absolute atomic E-state index is 13.3. The first-order valence-corrected chi connectivity index (χ1v) is 11.4. The molecule has 0 atom stereocenters. The molecule has 0 saturated carbocycles. The molecule has 0 spiro atoms. The number of aromatic nitrogens is 2. The number of anilines is 1. The average molecular weight is 531 g/mol. The van der Waals surface area contributed by atoms with Gasteiger partial charge >= 0.3 is 0 Å². The first-order chi connectivity index (χ1) is 14.8. The van der Waals surface area contributed by atoms with Gasteiger partial charge in [0.1, 0.15) is 9.35 Å². The summed E-state index contributed by atoms with van der Waals surface area (Å²) in [5, 5.41) is 2.86. The summed E-state index contributed by atoms with van der Waals surface area (Å²) in [4.78, 5) is 33.6. The number of nitrogens with zero attached hydrogens (tertiary/aromatic N) is 4. The van der Waals surface area contributed by atoms with E-state index in [-0.39, 0.29) is 11.8 Å². The van der Waals surface area contributed by atoms with Gasteiger partial charge in [-0.3, -0.25) is 14.0 Å². The van der Waals surface area contributed by atoms with Gasteiger partial charge in [-0.05, 0) is 84.9 Å². The molecule has 0 radical (unpaired) electrons. The SMILES string of the molecule is CC(=O)Nc1cc(-c2ccc3ncc(I)n3c2)ccc1C(=O)N1CCC(N(C)C)CC1. The molecule has 1 fully saturated rings. The summed E-state index contributed by atoms with van der Waals surface area (Å²) < 4.78 is 3.03. The van der Waals surface area contributed by atoms with E-state index in [1.54, 1.807) is 0 Å². The molecule has 2 aromatic heterocycles. The van der Waals surface area contributed by atoms with Crippen LogP contribution in [0.5, 0.6) is 0 Å². The Hall–Kier alpha value is -2.46. The highest BCUT2D eigenvalue weighted by molar-refractivity contribution is 14.1. The molecule has 1 aliphatic rings. The number of benzene rings is 1. The number of halogens is 1. The van der Waals surface area contributed by atoms with E-state index in [9.17, 15) is 9.59 Å². The van der Waals surface area contributed by atoms with E-state index in [2.05, 4.69) is 51.9 Å². The van der Waals surface area contributed by atoms with Crippen molar-refractivity contribution >= 4 is 45.7 Å². The number of carbonyl (C=O) groups is 2. The number of piperidine rings is 1. The summed E-state index contributed by atoms with van der Waals surface area (Å²) in [7, 11) is 4.16. The van der Waals surface area contributed by atoms with Gasteiger partial charge in [-0.2, -0.15) is 0 Å². The first kappa shape index (κ1) is 21.8. The predicted molar refractivity (Wildman–Crippen MR) is 130 cm³/mol. The third kappa shape index (κ3) is 4.59. The average Bonchev–Trinajstić information content (AvgIpc) is 3.13. The monoisotopic (exact) mass is 531 g/mol.